The molecule has 1 heterocycles. The summed E-state index contributed by atoms with van der Waals surface area (Å²) in [4.78, 5) is 23.6. The molecule has 2 rings (SSSR count). The average Bonchev–Trinajstić information content (AvgIpc) is 2.62. The highest BCUT2D eigenvalue weighted by molar-refractivity contribution is 7.89. The van der Waals surface area contributed by atoms with Crippen molar-refractivity contribution in [1.82, 2.24) is 4.31 Å². The van der Waals surface area contributed by atoms with Crippen LogP contribution in [0.5, 0.6) is 0 Å². The van der Waals surface area contributed by atoms with Gasteiger partial charge in [0.15, 0.2) is 0 Å². The van der Waals surface area contributed by atoms with Crippen molar-refractivity contribution in [2.75, 3.05) is 44.5 Å². The first-order valence-electron chi connectivity index (χ1n) is 7.57. The van der Waals surface area contributed by atoms with Gasteiger partial charge in [-0.1, -0.05) is 11.6 Å². The molecule has 25 heavy (non-hydrogen) atoms. The highest BCUT2D eigenvalue weighted by atomic mass is 35.5. The number of hydrogen-bond acceptors (Lipinski definition) is 6. The Morgan fingerprint density at radius 1 is 1.32 bits per heavy atom. The molecule has 8 nitrogen and oxygen atoms in total. The van der Waals surface area contributed by atoms with Crippen molar-refractivity contribution in [2.24, 2.45) is 0 Å². The second-order valence-electron chi connectivity index (χ2n) is 5.31. The molecule has 1 aliphatic heterocycles. The molecule has 1 amide bonds. The van der Waals surface area contributed by atoms with E-state index < -0.39 is 21.9 Å². The van der Waals surface area contributed by atoms with Crippen molar-refractivity contribution >= 4 is 39.2 Å². The Morgan fingerprint density at radius 2 is 2.00 bits per heavy atom. The molecular weight excluding hydrogens is 372 g/mol. The summed E-state index contributed by atoms with van der Waals surface area (Å²) in [5.41, 5.74) is 0.446. The summed E-state index contributed by atoms with van der Waals surface area (Å²) in [6.07, 6.45) is -0.199. The van der Waals surface area contributed by atoms with E-state index in [4.69, 9.17) is 16.3 Å². The van der Waals surface area contributed by atoms with Gasteiger partial charge in [0.05, 0.1) is 36.7 Å². The topological polar surface area (TPSA) is 102 Å². The average molecular weight is 391 g/mol. The molecule has 0 bridgehead atoms. The van der Waals surface area contributed by atoms with Crippen LogP contribution < -0.4 is 5.32 Å². The molecule has 1 aromatic rings. The largest absolute Gasteiger partial charge is 0.465 e. The standard InChI is InChI=1S/C15H19ClN2O6S/c1-23-15(20)12-10-11(2-3-13(12)16)17-14(19)4-9-25(21,22)18-5-7-24-8-6-18/h2-3,10H,4-9H2,1H3,(H,17,19). The SMILES string of the molecule is COC(=O)c1cc(NC(=O)CCS(=O)(=O)N2CCOCC2)ccc1Cl. The smallest absolute Gasteiger partial charge is 0.339 e. The van der Waals surface area contributed by atoms with Gasteiger partial charge in [-0.3, -0.25) is 4.79 Å². The lowest BCUT2D eigenvalue weighted by molar-refractivity contribution is -0.115. The fourth-order valence-corrected chi connectivity index (χ4v) is 3.87. The van der Waals surface area contributed by atoms with Gasteiger partial charge in [-0.05, 0) is 18.2 Å². The maximum atomic E-state index is 12.2. The van der Waals surface area contributed by atoms with Crippen molar-refractivity contribution < 1.29 is 27.5 Å². The molecular formula is C15H19ClN2O6S. The fourth-order valence-electron chi connectivity index (χ4n) is 2.27. The van der Waals surface area contributed by atoms with Gasteiger partial charge >= 0.3 is 5.97 Å². The minimum absolute atomic E-state index is 0.114. The zero-order valence-corrected chi connectivity index (χ0v) is 15.2. The molecule has 0 unspecified atom stereocenters. The number of carbonyl (C=O) groups is 2. The lowest BCUT2D eigenvalue weighted by Crippen LogP contribution is -2.42. The minimum atomic E-state index is -3.51. The number of halogens is 1. The van der Waals surface area contributed by atoms with Gasteiger partial charge in [-0.25, -0.2) is 13.2 Å². The van der Waals surface area contributed by atoms with Crippen LogP contribution in [0.3, 0.4) is 0 Å². The van der Waals surface area contributed by atoms with Crippen LogP contribution >= 0.6 is 11.6 Å². The summed E-state index contributed by atoms with van der Waals surface area (Å²) in [7, 11) is -2.28. The van der Waals surface area contributed by atoms with E-state index in [1.54, 1.807) is 0 Å². The zero-order chi connectivity index (χ0) is 18.4. The Morgan fingerprint density at radius 3 is 2.64 bits per heavy atom. The fraction of sp³-hybridized carbons (Fsp3) is 0.467. The summed E-state index contributed by atoms with van der Waals surface area (Å²) in [5, 5.41) is 2.75. The normalized spacial score (nSPS) is 15.6. The van der Waals surface area contributed by atoms with E-state index in [0.717, 1.165) is 0 Å². The van der Waals surface area contributed by atoms with Gasteiger partial charge in [0.2, 0.25) is 15.9 Å². The number of hydrogen-bond donors (Lipinski definition) is 1. The number of amides is 1. The van der Waals surface area contributed by atoms with E-state index in [9.17, 15) is 18.0 Å². The van der Waals surface area contributed by atoms with Crippen LogP contribution in [0.25, 0.3) is 0 Å². The lowest BCUT2D eigenvalue weighted by atomic mass is 10.2. The number of benzene rings is 1. The van der Waals surface area contributed by atoms with E-state index in [2.05, 4.69) is 10.1 Å². The third-order valence-electron chi connectivity index (χ3n) is 3.61. The van der Waals surface area contributed by atoms with Crippen LogP contribution in [0, 0.1) is 0 Å². The number of anilines is 1. The Hall–Kier alpha value is -1.68. The first-order chi connectivity index (χ1) is 11.8. The second-order valence-corrected chi connectivity index (χ2v) is 7.81. The van der Waals surface area contributed by atoms with Gasteiger partial charge in [0, 0.05) is 25.2 Å². The molecule has 0 atom stereocenters. The van der Waals surface area contributed by atoms with Crippen LogP contribution in [-0.2, 0) is 24.3 Å². The number of rotatable bonds is 6. The van der Waals surface area contributed by atoms with Crippen molar-refractivity contribution in [3.8, 4) is 0 Å². The number of esters is 1. The molecule has 0 radical (unpaired) electrons. The molecule has 1 aromatic carbocycles. The molecule has 10 heteroatoms. The number of carbonyl (C=O) groups excluding carboxylic acids is 2. The quantitative estimate of drug-likeness (QED) is 0.730. The van der Waals surface area contributed by atoms with Crippen LogP contribution in [-0.4, -0.2) is 63.8 Å². The molecule has 0 spiro atoms. The van der Waals surface area contributed by atoms with Crippen molar-refractivity contribution in [3.05, 3.63) is 28.8 Å². The molecule has 0 saturated carbocycles. The van der Waals surface area contributed by atoms with Crippen LogP contribution in [0.1, 0.15) is 16.8 Å². The van der Waals surface area contributed by atoms with E-state index in [1.165, 1.54) is 29.6 Å². The summed E-state index contributed by atoms with van der Waals surface area (Å²) in [6.45, 7) is 1.30. The lowest BCUT2D eigenvalue weighted by Gasteiger charge is -2.25. The van der Waals surface area contributed by atoms with Crippen LogP contribution in [0.2, 0.25) is 5.02 Å². The molecule has 0 aromatic heterocycles. The molecule has 138 valence electrons. The number of nitrogens with zero attached hydrogens (tertiary/aromatic N) is 1. The Balaban J connectivity index is 1.95. The van der Waals surface area contributed by atoms with Gasteiger partial charge in [-0.2, -0.15) is 4.31 Å². The number of methoxy groups -OCH3 is 1. The highest BCUT2D eigenvalue weighted by Gasteiger charge is 2.25. The van der Waals surface area contributed by atoms with E-state index >= 15 is 0 Å². The molecule has 1 aliphatic rings. The maximum absolute atomic E-state index is 12.2. The maximum Gasteiger partial charge on any atom is 0.339 e. The number of morpholine rings is 1. The van der Waals surface area contributed by atoms with E-state index in [0.29, 0.717) is 32.0 Å². The summed E-state index contributed by atoms with van der Waals surface area (Å²) >= 11 is 5.90. The zero-order valence-electron chi connectivity index (χ0n) is 13.7. The van der Waals surface area contributed by atoms with E-state index in [1.807, 2.05) is 0 Å². The van der Waals surface area contributed by atoms with Crippen LogP contribution in [0.4, 0.5) is 5.69 Å². The Bertz CT molecular complexity index is 746. The number of nitrogens with one attached hydrogen (secondary N) is 1. The number of sulfonamides is 1. The third-order valence-corrected chi connectivity index (χ3v) is 5.81. The van der Waals surface area contributed by atoms with Gasteiger partial charge < -0.3 is 14.8 Å². The van der Waals surface area contributed by atoms with E-state index in [-0.39, 0.29) is 22.8 Å². The summed E-state index contributed by atoms with van der Waals surface area (Å²) in [5.74, 6) is -1.40. The Kier molecular flexibility index (Phi) is 6.77. The Labute approximate surface area is 151 Å². The number of ether oxygens (including phenoxy) is 2. The monoisotopic (exact) mass is 390 g/mol. The van der Waals surface area contributed by atoms with Crippen molar-refractivity contribution in [2.45, 2.75) is 6.42 Å². The first kappa shape index (κ1) is 19.6. The minimum Gasteiger partial charge on any atom is -0.465 e. The third kappa shape index (κ3) is 5.40. The van der Waals surface area contributed by atoms with Crippen LogP contribution in [0.15, 0.2) is 18.2 Å². The summed E-state index contributed by atoms with van der Waals surface area (Å²) in [6, 6.07) is 4.35. The summed E-state index contributed by atoms with van der Waals surface area (Å²) < 4.78 is 35.4. The van der Waals surface area contributed by atoms with Gasteiger partial charge in [0.25, 0.3) is 0 Å². The predicted molar refractivity (Wildman–Crippen MR) is 92.2 cm³/mol. The molecule has 0 aliphatic carbocycles. The molecule has 1 fully saturated rings. The molecule has 1 saturated heterocycles. The predicted octanol–water partition coefficient (Wildman–Crippen LogP) is 1.12. The van der Waals surface area contributed by atoms with Crippen molar-refractivity contribution in [3.63, 3.8) is 0 Å². The second kappa shape index (κ2) is 8.61. The molecule has 1 N–H and O–H groups in total. The first-order valence-corrected chi connectivity index (χ1v) is 9.55. The van der Waals surface area contributed by atoms with Gasteiger partial charge in [0.1, 0.15) is 0 Å². The van der Waals surface area contributed by atoms with Gasteiger partial charge in [-0.15, -0.1) is 0 Å². The van der Waals surface area contributed by atoms with Crippen molar-refractivity contribution in [1.29, 1.82) is 0 Å². The highest BCUT2D eigenvalue weighted by Crippen LogP contribution is 2.21.